The first-order chi connectivity index (χ1) is 7.04. The highest BCUT2D eigenvalue weighted by Gasteiger charge is 2.15. The SMILES string of the molecule is CCC(Sc1cc(C)ccc1C)C(N)=O. The fourth-order valence-corrected chi connectivity index (χ4v) is 2.43. The maximum Gasteiger partial charge on any atom is 0.230 e. The molecule has 1 rings (SSSR count). The molecule has 0 saturated heterocycles. The van der Waals surface area contributed by atoms with Gasteiger partial charge in [0.2, 0.25) is 5.91 Å². The Labute approximate surface area is 95.2 Å². The fourth-order valence-electron chi connectivity index (χ4n) is 1.33. The molecule has 0 aliphatic carbocycles. The Morgan fingerprint density at radius 1 is 1.47 bits per heavy atom. The van der Waals surface area contributed by atoms with Crippen molar-refractivity contribution in [2.24, 2.45) is 5.73 Å². The minimum absolute atomic E-state index is 0.120. The minimum Gasteiger partial charge on any atom is -0.369 e. The monoisotopic (exact) mass is 223 g/mol. The summed E-state index contributed by atoms with van der Waals surface area (Å²) < 4.78 is 0. The summed E-state index contributed by atoms with van der Waals surface area (Å²) >= 11 is 1.56. The molecule has 2 nitrogen and oxygen atoms in total. The van der Waals surface area contributed by atoms with Gasteiger partial charge < -0.3 is 5.73 Å². The van der Waals surface area contributed by atoms with Crippen molar-refractivity contribution >= 4 is 17.7 Å². The van der Waals surface area contributed by atoms with E-state index in [1.165, 1.54) is 11.1 Å². The van der Waals surface area contributed by atoms with Gasteiger partial charge in [0.1, 0.15) is 0 Å². The van der Waals surface area contributed by atoms with E-state index >= 15 is 0 Å². The highest BCUT2D eigenvalue weighted by Crippen LogP contribution is 2.28. The van der Waals surface area contributed by atoms with Crippen LogP contribution >= 0.6 is 11.8 Å². The molecule has 0 aliphatic heterocycles. The van der Waals surface area contributed by atoms with Crippen LogP contribution in [0.25, 0.3) is 0 Å². The Morgan fingerprint density at radius 3 is 2.67 bits per heavy atom. The van der Waals surface area contributed by atoms with Gasteiger partial charge in [0.05, 0.1) is 5.25 Å². The summed E-state index contributed by atoms with van der Waals surface area (Å²) in [5.41, 5.74) is 7.73. The summed E-state index contributed by atoms with van der Waals surface area (Å²) in [5, 5.41) is -0.120. The summed E-state index contributed by atoms with van der Waals surface area (Å²) in [6.45, 7) is 6.08. The Morgan fingerprint density at radius 2 is 2.13 bits per heavy atom. The number of carbonyl (C=O) groups is 1. The molecule has 0 aliphatic rings. The van der Waals surface area contributed by atoms with E-state index in [1.807, 2.05) is 6.92 Å². The standard InChI is InChI=1S/C12H17NOS/c1-4-10(12(13)14)15-11-7-8(2)5-6-9(11)3/h5-7,10H,4H2,1-3H3,(H2,13,14). The lowest BCUT2D eigenvalue weighted by molar-refractivity contribution is -0.117. The van der Waals surface area contributed by atoms with Gasteiger partial charge in [0.15, 0.2) is 0 Å². The quantitative estimate of drug-likeness (QED) is 0.797. The van der Waals surface area contributed by atoms with Crippen molar-refractivity contribution in [1.82, 2.24) is 0 Å². The smallest absolute Gasteiger partial charge is 0.230 e. The van der Waals surface area contributed by atoms with Crippen molar-refractivity contribution in [3.63, 3.8) is 0 Å². The number of carbonyl (C=O) groups excluding carboxylic acids is 1. The van der Waals surface area contributed by atoms with Crippen LogP contribution in [-0.4, -0.2) is 11.2 Å². The van der Waals surface area contributed by atoms with Crippen LogP contribution in [0.2, 0.25) is 0 Å². The maximum absolute atomic E-state index is 11.1. The zero-order valence-electron chi connectivity index (χ0n) is 9.41. The third-order valence-corrected chi connectivity index (χ3v) is 3.84. The number of rotatable bonds is 4. The molecule has 0 spiro atoms. The van der Waals surface area contributed by atoms with Gasteiger partial charge in [-0.1, -0.05) is 24.6 Å². The number of amides is 1. The van der Waals surface area contributed by atoms with Crippen LogP contribution in [0.15, 0.2) is 23.1 Å². The number of nitrogens with two attached hydrogens (primary N) is 1. The van der Waals surface area contributed by atoms with Gasteiger partial charge in [-0.2, -0.15) is 0 Å². The molecule has 3 heteroatoms. The van der Waals surface area contributed by atoms with Crippen LogP contribution in [0.4, 0.5) is 0 Å². The third-order valence-electron chi connectivity index (χ3n) is 2.30. The largest absolute Gasteiger partial charge is 0.369 e. The van der Waals surface area contributed by atoms with Crippen molar-refractivity contribution in [3.05, 3.63) is 29.3 Å². The first kappa shape index (κ1) is 12.1. The lowest BCUT2D eigenvalue weighted by Crippen LogP contribution is -2.24. The molecular formula is C12H17NOS. The molecule has 0 heterocycles. The normalized spacial score (nSPS) is 12.5. The predicted octanol–water partition coefficient (Wildman–Crippen LogP) is 2.66. The number of primary amides is 1. The molecule has 1 atom stereocenters. The number of aryl methyl sites for hydroxylation is 2. The van der Waals surface area contributed by atoms with E-state index in [1.54, 1.807) is 11.8 Å². The second-order valence-corrected chi connectivity index (χ2v) is 4.93. The average molecular weight is 223 g/mol. The molecule has 0 saturated carbocycles. The lowest BCUT2D eigenvalue weighted by Gasteiger charge is -2.12. The zero-order valence-corrected chi connectivity index (χ0v) is 10.2. The molecule has 0 bridgehead atoms. The molecule has 0 radical (unpaired) electrons. The second kappa shape index (κ2) is 5.21. The maximum atomic E-state index is 11.1. The molecule has 1 amide bonds. The van der Waals surface area contributed by atoms with E-state index in [4.69, 9.17) is 5.73 Å². The molecule has 2 N–H and O–H groups in total. The second-order valence-electron chi connectivity index (χ2n) is 3.69. The summed E-state index contributed by atoms with van der Waals surface area (Å²) in [4.78, 5) is 12.3. The average Bonchev–Trinajstić information content (AvgIpc) is 2.18. The number of thioether (sulfide) groups is 1. The number of benzene rings is 1. The molecule has 15 heavy (non-hydrogen) atoms. The molecule has 82 valence electrons. The van der Waals surface area contributed by atoms with E-state index in [0.29, 0.717) is 0 Å². The van der Waals surface area contributed by atoms with Gasteiger partial charge >= 0.3 is 0 Å². The summed E-state index contributed by atoms with van der Waals surface area (Å²) in [7, 11) is 0. The zero-order chi connectivity index (χ0) is 11.4. The van der Waals surface area contributed by atoms with Crippen LogP contribution < -0.4 is 5.73 Å². The molecule has 1 unspecified atom stereocenters. The van der Waals surface area contributed by atoms with Gasteiger partial charge in [-0.15, -0.1) is 11.8 Å². The van der Waals surface area contributed by atoms with E-state index in [2.05, 4.69) is 32.0 Å². The van der Waals surface area contributed by atoms with Crippen LogP contribution in [0.3, 0.4) is 0 Å². The van der Waals surface area contributed by atoms with Crippen molar-refractivity contribution in [3.8, 4) is 0 Å². The summed E-state index contributed by atoms with van der Waals surface area (Å²) in [6, 6.07) is 6.25. The lowest BCUT2D eigenvalue weighted by atomic mass is 10.2. The van der Waals surface area contributed by atoms with Gasteiger partial charge in [0.25, 0.3) is 0 Å². The predicted molar refractivity (Wildman–Crippen MR) is 65.0 cm³/mol. The highest BCUT2D eigenvalue weighted by atomic mass is 32.2. The minimum atomic E-state index is -0.233. The van der Waals surface area contributed by atoms with E-state index < -0.39 is 0 Å². The van der Waals surface area contributed by atoms with Crippen molar-refractivity contribution in [2.45, 2.75) is 37.3 Å². The van der Waals surface area contributed by atoms with Crippen LogP contribution in [0.5, 0.6) is 0 Å². The van der Waals surface area contributed by atoms with Gasteiger partial charge in [-0.3, -0.25) is 4.79 Å². The first-order valence-electron chi connectivity index (χ1n) is 5.07. The van der Waals surface area contributed by atoms with Crippen molar-refractivity contribution in [2.75, 3.05) is 0 Å². The first-order valence-corrected chi connectivity index (χ1v) is 5.95. The Bertz CT molecular complexity index is 363. The van der Waals surface area contributed by atoms with E-state index in [9.17, 15) is 4.79 Å². The number of hydrogen-bond acceptors (Lipinski definition) is 2. The molecule has 0 fully saturated rings. The highest BCUT2D eigenvalue weighted by molar-refractivity contribution is 8.00. The summed E-state index contributed by atoms with van der Waals surface area (Å²) in [6.07, 6.45) is 0.771. The van der Waals surface area contributed by atoms with Crippen LogP contribution in [0, 0.1) is 13.8 Å². The third kappa shape index (κ3) is 3.27. The Hall–Kier alpha value is -0.960. The van der Waals surface area contributed by atoms with Gasteiger partial charge in [-0.25, -0.2) is 0 Å². The fraction of sp³-hybridized carbons (Fsp3) is 0.417. The van der Waals surface area contributed by atoms with Crippen molar-refractivity contribution < 1.29 is 4.79 Å². The van der Waals surface area contributed by atoms with E-state index in [-0.39, 0.29) is 11.2 Å². The van der Waals surface area contributed by atoms with Crippen molar-refractivity contribution in [1.29, 1.82) is 0 Å². The topological polar surface area (TPSA) is 43.1 Å². The Balaban J connectivity index is 2.87. The van der Waals surface area contributed by atoms with Crippen LogP contribution in [0.1, 0.15) is 24.5 Å². The van der Waals surface area contributed by atoms with Gasteiger partial charge in [-0.05, 0) is 31.9 Å². The molecule has 1 aromatic carbocycles. The van der Waals surface area contributed by atoms with Gasteiger partial charge in [0, 0.05) is 4.90 Å². The molecule has 0 aromatic heterocycles. The van der Waals surface area contributed by atoms with E-state index in [0.717, 1.165) is 11.3 Å². The summed E-state index contributed by atoms with van der Waals surface area (Å²) in [5.74, 6) is -0.233. The number of hydrogen-bond donors (Lipinski definition) is 1. The van der Waals surface area contributed by atoms with Crippen LogP contribution in [-0.2, 0) is 4.79 Å². The Kier molecular flexibility index (Phi) is 4.21. The molecule has 1 aromatic rings. The molecular weight excluding hydrogens is 206 g/mol.